The summed E-state index contributed by atoms with van der Waals surface area (Å²) in [6.07, 6.45) is 0. The molecule has 12 heavy (non-hydrogen) atoms. The van der Waals surface area contributed by atoms with Crippen LogP contribution < -0.4 is 10.7 Å². The minimum atomic E-state index is -3.79. The number of rotatable bonds is 1. The average molecular weight is 188 g/mol. The second-order valence-corrected chi connectivity index (χ2v) is 3.81. The number of hydrogen-bond donors (Lipinski definition) is 1. The monoisotopic (exact) mass is 188 g/mol. The molecule has 1 aromatic heterocycles. The van der Waals surface area contributed by atoms with Crippen molar-refractivity contribution in [2.45, 2.75) is 5.03 Å². The number of nitrogens with two attached hydrogens (primary N) is 1. The van der Waals surface area contributed by atoms with Crippen LogP contribution in [-0.2, 0) is 17.1 Å². The predicted molar refractivity (Wildman–Crippen MR) is 43.1 cm³/mol. The lowest BCUT2D eigenvalue weighted by atomic mass is 10.5. The maximum atomic E-state index is 10.9. The average Bonchev–Trinajstić information content (AvgIpc) is 1.92. The molecule has 0 radical (unpaired) electrons. The molecule has 1 aromatic rings. The summed E-state index contributed by atoms with van der Waals surface area (Å²) in [4.78, 5) is 10.9. The summed E-state index contributed by atoms with van der Waals surface area (Å²) in [6, 6.07) is 3.88. The smallest absolute Gasteiger partial charge is 0.253 e. The van der Waals surface area contributed by atoms with Crippen molar-refractivity contribution in [2.24, 2.45) is 12.2 Å². The molecule has 6 heteroatoms. The third-order valence-electron chi connectivity index (χ3n) is 1.43. The van der Waals surface area contributed by atoms with Gasteiger partial charge in [0.1, 0.15) is 0 Å². The number of nitrogens with zero attached hydrogens (tertiary/aromatic N) is 1. The first-order valence-electron chi connectivity index (χ1n) is 3.12. The van der Waals surface area contributed by atoms with E-state index in [-0.39, 0.29) is 5.03 Å². The fraction of sp³-hybridized carbons (Fsp3) is 0.167. The van der Waals surface area contributed by atoms with E-state index in [0.717, 1.165) is 4.57 Å². The molecule has 0 saturated heterocycles. The first-order valence-corrected chi connectivity index (χ1v) is 4.66. The number of hydrogen-bond acceptors (Lipinski definition) is 3. The Morgan fingerprint density at radius 2 is 2.00 bits per heavy atom. The number of sulfonamides is 1. The minimum Gasteiger partial charge on any atom is -0.301 e. The van der Waals surface area contributed by atoms with Gasteiger partial charge in [0.05, 0.1) is 0 Å². The summed E-state index contributed by atoms with van der Waals surface area (Å²) in [5.41, 5.74) is -0.401. The number of aromatic nitrogens is 1. The molecule has 2 N–H and O–H groups in total. The van der Waals surface area contributed by atoms with E-state index in [4.69, 9.17) is 5.14 Å². The van der Waals surface area contributed by atoms with Crippen LogP contribution in [0.15, 0.2) is 28.0 Å². The Bertz CT molecular complexity index is 446. The molecule has 0 spiro atoms. The zero-order valence-electron chi connectivity index (χ0n) is 6.39. The maximum Gasteiger partial charge on any atom is 0.253 e. The summed E-state index contributed by atoms with van der Waals surface area (Å²) < 4.78 is 22.6. The van der Waals surface area contributed by atoms with Crippen molar-refractivity contribution in [1.82, 2.24) is 4.57 Å². The highest BCUT2D eigenvalue weighted by atomic mass is 32.2. The van der Waals surface area contributed by atoms with Gasteiger partial charge in [0, 0.05) is 13.1 Å². The Balaban J connectivity index is 3.58. The SMILES string of the molecule is Cn1c(S(N)(=O)=O)cccc1=O. The van der Waals surface area contributed by atoms with Crippen LogP contribution in [0.4, 0.5) is 0 Å². The van der Waals surface area contributed by atoms with Crippen molar-refractivity contribution in [3.8, 4) is 0 Å². The lowest BCUT2D eigenvalue weighted by molar-refractivity contribution is 0.583. The quantitative estimate of drug-likeness (QED) is 0.615. The molecule has 0 bridgehead atoms. The molecular weight excluding hydrogens is 180 g/mol. The summed E-state index contributed by atoms with van der Waals surface area (Å²) in [6.45, 7) is 0. The van der Waals surface area contributed by atoms with Gasteiger partial charge in [-0.15, -0.1) is 0 Å². The van der Waals surface area contributed by atoms with E-state index in [1.165, 1.54) is 25.2 Å². The van der Waals surface area contributed by atoms with E-state index in [1.807, 2.05) is 0 Å². The maximum absolute atomic E-state index is 10.9. The van der Waals surface area contributed by atoms with Crippen LogP contribution in [0.2, 0.25) is 0 Å². The molecule has 0 atom stereocenters. The highest BCUT2D eigenvalue weighted by Gasteiger charge is 2.10. The van der Waals surface area contributed by atoms with Crippen molar-refractivity contribution in [2.75, 3.05) is 0 Å². The Kier molecular flexibility index (Phi) is 2.03. The zero-order valence-corrected chi connectivity index (χ0v) is 7.21. The fourth-order valence-electron chi connectivity index (χ4n) is 0.831. The van der Waals surface area contributed by atoms with Gasteiger partial charge in [0.15, 0.2) is 5.03 Å². The fourth-order valence-corrected chi connectivity index (χ4v) is 1.57. The standard InChI is InChI=1S/C6H8N2O3S/c1-8-5(9)3-2-4-6(8)12(7,10)11/h2-4H,1H3,(H2,7,10,11). The van der Waals surface area contributed by atoms with Gasteiger partial charge < -0.3 is 4.57 Å². The highest BCUT2D eigenvalue weighted by Crippen LogP contribution is 1.99. The first-order chi connectivity index (χ1) is 5.43. The van der Waals surface area contributed by atoms with Crippen molar-refractivity contribution in [3.05, 3.63) is 28.6 Å². The lowest BCUT2D eigenvalue weighted by Gasteiger charge is -2.03. The molecule has 0 amide bonds. The largest absolute Gasteiger partial charge is 0.301 e. The molecule has 0 saturated carbocycles. The lowest BCUT2D eigenvalue weighted by Crippen LogP contribution is -2.25. The summed E-state index contributed by atoms with van der Waals surface area (Å²) in [5.74, 6) is 0. The van der Waals surface area contributed by atoms with Crippen LogP contribution in [0.25, 0.3) is 0 Å². The van der Waals surface area contributed by atoms with Gasteiger partial charge in [-0.25, -0.2) is 13.6 Å². The van der Waals surface area contributed by atoms with E-state index < -0.39 is 15.6 Å². The van der Waals surface area contributed by atoms with E-state index in [0.29, 0.717) is 0 Å². The molecule has 1 heterocycles. The van der Waals surface area contributed by atoms with Crippen LogP contribution >= 0.6 is 0 Å². The van der Waals surface area contributed by atoms with Gasteiger partial charge in [-0.2, -0.15) is 0 Å². The van der Waals surface area contributed by atoms with Crippen LogP contribution in [0.1, 0.15) is 0 Å². The third kappa shape index (κ3) is 1.54. The van der Waals surface area contributed by atoms with Gasteiger partial charge >= 0.3 is 0 Å². The minimum absolute atomic E-state index is 0.185. The Morgan fingerprint density at radius 1 is 1.42 bits per heavy atom. The van der Waals surface area contributed by atoms with Crippen molar-refractivity contribution in [3.63, 3.8) is 0 Å². The van der Waals surface area contributed by atoms with Gasteiger partial charge in [-0.3, -0.25) is 4.79 Å². The molecule has 0 fully saturated rings. The molecule has 0 aromatic carbocycles. The summed E-state index contributed by atoms with van der Waals surface area (Å²) in [7, 11) is -2.44. The highest BCUT2D eigenvalue weighted by molar-refractivity contribution is 7.89. The van der Waals surface area contributed by atoms with E-state index in [9.17, 15) is 13.2 Å². The predicted octanol–water partition coefficient (Wildman–Crippen LogP) is -0.967. The second-order valence-electron chi connectivity index (χ2n) is 2.31. The molecule has 0 unspecified atom stereocenters. The van der Waals surface area contributed by atoms with Gasteiger partial charge in [-0.05, 0) is 6.07 Å². The second kappa shape index (κ2) is 2.72. The van der Waals surface area contributed by atoms with E-state index in [2.05, 4.69) is 0 Å². The zero-order chi connectivity index (χ0) is 9.35. The number of pyridine rings is 1. The molecular formula is C6H8N2O3S. The van der Waals surface area contributed by atoms with E-state index in [1.54, 1.807) is 0 Å². The molecule has 0 aliphatic rings. The summed E-state index contributed by atoms with van der Waals surface area (Å²) >= 11 is 0. The topological polar surface area (TPSA) is 82.2 Å². The van der Waals surface area contributed by atoms with Crippen LogP contribution in [0.5, 0.6) is 0 Å². The van der Waals surface area contributed by atoms with Crippen LogP contribution in [0.3, 0.4) is 0 Å². The number of primary sulfonamides is 1. The molecule has 66 valence electrons. The van der Waals surface area contributed by atoms with E-state index >= 15 is 0 Å². The Morgan fingerprint density at radius 3 is 2.42 bits per heavy atom. The van der Waals surface area contributed by atoms with Crippen molar-refractivity contribution < 1.29 is 8.42 Å². The summed E-state index contributed by atoms with van der Waals surface area (Å²) in [5, 5.41) is 4.65. The van der Waals surface area contributed by atoms with Gasteiger partial charge in [0.2, 0.25) is 0 Å². The van der Waals surface area contributed by atoms with Crippen molar-refractivity contribution in [1.29, 1.82) is 0 Å². The molecule has 0 aliphatic heterocycles. The van der Waals surface area contributed by atoms with Gasteiger partial charge in [0.25, 0.3) is 15.6 Å². The van der Waals surface area contributed by atoms with Crippen LogP contribution in [-0.4, -0.2) is 13.0 Å². The Labute approximate surface area is 69.5 Å². The third-order valence-corrected chi connectivity index (χ3v) is 2.42. The Hall–Kier alpha value is -1.14. The van der Waals surface area contributed by atoms with Gasteiger partial charge in [-0.1, -0.05) is 6.07 Å². The normalized spacial score (nSPS) is 11.5. The van der Waals surface area contributed by atoms with Crippen LogP contribution in [0, 0.1) is 0 Å². The molecule has 5 nitrogen and oxygen atoms in total. The van der Waals surface area contributed by atoms with Crippen molar-refractivity contribution >= 4 is 10.0 Å². The first kappa shape index (κ1) is 8.95. The molecule has 0 aliphatic carbocycles. The molecule has 1 rings (SSSR count).